The van der Waals surface area contributed by atoms with E-state index in [4.69, 9.17) is 15.2 Å². The molecule has 2 aromatic carbocycles. The number of nitrogens with one attached hydrogen (secondary N) is 1. The summed E-state index contributed by atoms with van der Waals surface area (Å²) in [5.41, 5.74) is 7.85. The van der Waals surface area contributed by atoms with Gasteiger partial charge in [0.15, 0.2) is 5.82 Å². The molecule has 1 amide bonds. The van der Waals surface area contributed by atoms with E-state index in [1.807, 2.05) is 4.90 Å². The van der Waals surface area contributed by atoms with Gasteiger partial charge in [0, 0.05) is 62.2 Å². The van der Waals surface area contributed by atoms with Gasteiger partial charge in [-0.15, -0.1) is 0 Å². The number of carbonyl (C=O) groups is 1. The Morgan fingerprint density at radius 2 is 1.83 bits per heavy atom. The molecule has 13 heteroatoms. The smallest absolute Gasteiger partial charge is 0.258 e. The molecule has 1 saturated carbocycles. The molecule has 0 spiro atoms. The van der Waals surface area contributed by atoms with Crippen molar-refractivity contribution in [2.75, 3.05) is 43.5 Å². The Morgan fingerprint density at radius 3 is 2.48 bits per heavy atom. The topological polar surface area (TPSA) is 118 Å². The molecular weight excluding hydrogens is 599 g/mol. The molecule has 1 aliphatic carbocycles. The number of nitrogens with two attached hydrogens (primary N) is 1. The number of fused-ring (bicyclic) bond motifs is 1. The van der Waals surface area contributed by atoms with Gasteiger partial charge in [0.2, 0.25) is 5.91 Å². The molecule has 2 atom stereocenters. The summed E-state index contributed by atoms with van der Waals surface area (Å²) in [4.78, 5) is 28.2. The van der Waals surface area contributed by atoms with Crippen LogP contribution in [0.25, 0.3) is 0 Å². The Bertz CT molecular complexity index is 1690. The fourth-order valence-corrected chi connectivity index (χ4v) is 6.08. The van der Waals surface area contributed by atoms with Crippen LogP contribution in [0.3, 0.4) is 0 Å². The summed E-state index contributed by atoms with van der Waals surface area (Å²) in [7, 11) is 1.54. The quantitative estimate of drug-likeness (QED) is 0.168. The molecule has 240 valence electrons. The average Bonchev–Trinajstić information content (AvgIpc) is 3.35. The van der Waals surface area contributed by atoms with E-state index in [1.165, 1.54) is 31.5 Å². The molecule has 2 saturated heterocycles. The highest BCUT2D eigenvalue weighted by molar-refractivity contribution is 6.04. The Labute approximate surface area is 264 Å². The standard InChI is InChI=1S/C33H34F3N7O3/c1-4-31(44)42-11-8-19(9-12-42)40-28-15-22(27(38-2)16-29(28)45-3)32(37)41-26-6-5-20(13-25(26)34)46-21-7-10-39-30(14-21)43-17-23-24(18-43)33(23,35)36/h4-7,10,13-16,19,23-24,40H,1-2,8-9,11-12,17-18H2,3H3,(H2,37,41). The van der Waals surface area contributed by atoms with Crippen LogP contribution in [-0.4, -0.2) is 73.6 Å². The summed E-state index contributed by atoms with van der Waals surface area (Å²) in [5.74, 6) is -2.93. The summed E-state index contributed by atoms with van der Waals surface area (Å²) >= 11 is 0. The summed E-state index contributed by atoms with van der Waals surface area (Å²) in [5, 5.41) is 3.47. The van der Waals surface area contributed by atoms with Gasteiger partial charge in [-0.25, -0.2) is 23.1 Å². The number of methoxy groups -OCH3 is 1. The van der Waals surface area contributed by atoms with Crippen LogP contribution < -0.4 is 25.4 Å². The number of likely N-dealkylation sites (tertiary alicyclic amines) is 1. The van der Waals surface area contributed by atoms with Crippen LogP contribution in [0.15, 0.2) is 71.3 Å². The van der Waals surface area contributed by atoms with Crippen molar-refractivity contribution >= 4 is 41.3 Å². The van der Waals surface area contributed by atoms with Crippen LogP contribution in [0.2, 0.25) is 0 Å². The van der Waals surface area contributed by atoms with Gasteiger partial charge in [-0.05, 0) is 49.9 Å². The zero-order valence-electron chi connectivity index (χ0n) is 25.3. The molecule has 0 bridgehead atoms. The maximum Gasteiger partial charge on any atom is 0.258 e. The lowest BCUT2D eigenvalue weighted by atomic mass is 10.0. The lowest BCUT2D eigenvalue weighted by Crippen LogP contribution is -2.41. The number of piperidine rings is 2. The molecule has 3 fully saturated rings. The number of halogens is 3. The van der Waals surface area contributed by atoms with Crippen molar-refractivity contribution in [3.63, 3.8) is 0 Å². The summed E-state index contributed by atoms with van der Waals surface area (Å²) in [6, 6.07) is 10.9. The number of amidine groups is 1. The number of pyridine rings is 1. The van der Waals surface area contributed by atoms with Crippen molar-refractivity contribution in [2.24, 2.45) is 27.6 Å². The molecule has 46 heavy (non-hydrogen) atoms. The van der Waals surface area contributed by atoms with E-state index in [0.717, 1.165) is 12.8 Å². The number of benzene rings is 2. The molecular formula is C33H34F3N7O3. The zero-order valence-corrected chi connectivity index (χ0v) is 25.3. The van der Waals surface area contributed by atoms with E-state index in [0.29, 0.717) is 47.3 Å². The van der Waals surface area contributed by atoms with E-state index in [2.05, 4.69) is 33.6 Å². The number of hydrogen-bond donors (Lipinski definition) is 2. The van der Waals surface area contributed by atoms with E-state index < -0.39 is 23.6 Å². The highest BCUT2D eigenvalue weighted by Gasteiger charge is 2.71. The SMILES string of the molecule is C=CC(=O)N1CCC(Nc2cc(C(N)=Nc3ccc(Oc4ccnc(N5CC6C(C5)C6(F)F)c4)cc3F)c(N=C)cc2OC)CC1. The summed E-state index contributed by atoms with van der Waals surface area (Å²) in [6.07, 6.45) is 4.29. The fraction of sp³-hybridized carbons (Fsp3) is 0.333. The van der Waals surface area contributed by atoms with Crippen LogP contribution in [0, 0.1) is 17.7 Å². The van der Waals surface area contributed by atoms with Crippen molar-refractivity contribution in [1.29, 1.82) is 0 Å². The van der Waals surface area contributed by atoms with Gasteiger partial charge in [-0.1, -0.05) is 6.58 Å². The lowest BCUT2D eigenvalue weighted by Gasteiger charge is -2.32. The first-order chi connectivity index (χ1) is 22.1. The number of carbonyl (C=O) groups excluding carboxylic acids is 1. The molecule has 2 unspecified atom stereocenters. The predicted molar refractivity (Wildman–Crippen MR) is 171 cm³/mol. The van der Waals surface area contributed by atoms with Crippen molar-refractivity contribution in [1.82, 2.24) is 9.88 Å². The van der Waals surface area contributed by atoms with E-state index in [-0.39, 0.29) is 42.3 Å². The second-order valence-corrected chi connectivity index (χ2v) is 11.5. The van der Waals surface area contributed by atoms with Gasteiger partial charge >= 0.3 is 0 Å². The van der Waals surface area contributed by atoms with E-state index >= 15 is 4.39 Å². The molecule has 0 radical (unpaired) electrons. The Hall–Kier alpha value is -5.07. The zero-order chi connectivity index (χ0) is 32.6. The fourth-order valence-electron chi connectivity index (χ4n) is 6.08. The maximum atomic E-state index is 15.2. The van der Waals surface area contributed by atoms with Gasteiger partial charge in [-0.3, -0.25) is 9.79 Å². The average molecular weight is 634 g/mol. The molecule has 3 heterocycles. The highest BCUT2D eigenvalue weighted by Crippen LogP contribution is 2.59. The Balaban J connectivity index is 1.16. The predicted octanol–water partition coefficient (Wildman–Crippen LogP) is 5.68. The minimum atomic E-state index is -2.58. The number of ether oxygens (including phenoxy) is 2. The number of hydrogen-bond acceptors (Lipinski definition) is 8. The lowest BCUT2D eigenvalue weighted by molar-refractivity contribution is -0.126. The van der Waals surface area contributed by atoms with Crippen LogP contribution >= 0.6 is 0 Å². The van der Waals surface area contributed by atoms with Crippen LogP contribution in [-0.2, 0) is 4.79 Å². The van der Waals surface area contributed by atoms with Gasteiger partial charge in [0.1, 0.15) is 34.6 Å². The third-order valence-electron chi connectivity index (χ3n) is 8.74. The molecule has 1 aromatic heterocycles. The van der Waals surface area contributed by atoms with Gasteiger partial charge in [-0.2, -0.15) is 0 Å². The highest BCUT2D eigenvalue weighted by atomic mass is 19.3. The normalized spacial score (nSPS) is 20.6. The summed E-state index contributed by atoms with van der Waals surface area (Å²) in [6.45, 7) is 8.85. The molecule has 3 aromatic rings. The number of amides is 1. The summed E-state index contributed by atoms with van der Waals surface area (Å²) < 4.78 is 53.9. The maximum absolute atomic E-state index is 15.2. The van der Waals surface area contributed by atoms with Gasteiger partial charge < -0.3 is 30.3 Å². The number of aliphatic imine (C=N–C) groups is 2. The van der Waals surface area contributed by atoms with Crippen LogP contribution in [0.4, 0.5) is 36.1 Å². The molecule has 3 N–H and O–H groups in total. The third kappa shape index (κ3) is 6.09. The monoisotopic (exact) mass is 633 g/mol. The first-order valence-electron chi connectivity index (χ1n) is 14.9. The van der Waals surface area contributed by atoms with Gasteiger partial charge in [0.05, 0.1) is 30.3 Å². The second-order valence-electron chi connectivity index (χ2n) is 11.5. The number of rotatable bonds is 10. The second kappa shape index (κ2) is 12.4. The van der Waals surface area contributed by atoms with Gasteiger partial charge in [0.25, 0.3) is 5.92 Å². The minimum Gasteiger partial charge on any atom is -0.495 e. The molecule has 2 aliphatic heterocycles. The number of alkyl halides is 2. The number of nitrogens with zero attached hydrogens (tertiary/aromatic N) is 5. The molecule has 3 aliphatic rings. The number of anilines is 2. The van der Waals surface area contributed by atoms with E-state index in [1.54, 1.807) is 35.2 Å². The Morgan fingerprint density at radius 1 is 1.11 bits per heavy atom. The van der Waals surface area contributed by atoms with Crippen LogP contribution in [0.5, 0.6) is 17.2 Å². The largest absolute Gasteiger partial charge is 0.495 e. The van der Waals surface area contributed by atoms with E-state index in [9.17, 15) is 13.6 Å². The van der Waals surface area contributed by atoms with Crippen molar-refractivity contribution in [3.8, 4) is 17.2 Å². The first kappa shape index (κ1) is 30.9. The van der Waals surface area contributed by atoms with Crippen molar-refractivity contribution < 1.29 is 27.4 Å². The number of aromatic nitrogens is 1. The van der Waals surface area contributed by atoms with Crippen molar-refractivity contribution in [3.05, 3.63) is 72.7 Å². The van der Waals surface area contributed by atoms with Crippen LogP contribution in [0.1, 0.15) is 18.4 Å². The first-order valence-corrected chi connectivity index (χ1v) is 14.9. The minimum absolute atomic E-state index is 0.0140. The molecule has 6 rings (SSSR count). The Kier molecular flexibility index (Phi) is 8.32. The van der Waals surface area contributed by atoms with Crippen molar-refractivity contribution in [2.45, 2.75) is 24.8 Å². The molecule has 10 nitrogen and oxygen atoms in total. The third-order valence-corrected chi connectivity index (χ3v) is 8.74.